The van der Waals surface area contributed by atoms with E-state index >= 15 is 0 Å². The second kappa shape index (κ2) is 6.16. The van der Waals surface area contributed by atoms with Crippen molar-refractivity contribution in [1.82, 2.24) is 0 Å². The van der Waals surface area contributed by atoms with Gasteiger partial charge in [-0.1, -0.05) is 0 Å². The van der Waals surface area contributed by atoms with Gasteiger partial charge in [-0.15, -0.1) is 0 Å². The third kappa shape index (κ3) is 8.22. The standard InChI is InChI=1S/C5H9NO6S.Li.H/c1-3(7)12-5(8)4(6)2-13(9,10)11;;/h4H,2,6H2,1H3,(H,9,10,11);;/q;+1;-1/t4-;;/m1../s1. The van der Waals surface area contributed by atoms with Gasteiger partial charge in [-0.3, -0.25) is 9.35 Å². The molecule has 14 heavy (non-hydrogen) atoms. The molecule has 0 spiro atoms. The molecule has 0 fully saturated rings. The summed E-state index contributed by atoms with van der Waals surface area (Å²) in [4.78, 5) is 20.9. The maximum atomic E-state index is 10.7. The number of carbonyl (C=O) groups excluding carboxylic acids is 2. The Balaban J connectivity index is -0.000000720. The third-order valence-corrected chi connectivity index (χ3v) is 1.72. The van der Waals surface area contributed by atoms with E-state index in [2.05, 4.69) is 4.74 Å². The molecule has 3 N–H and O–H groups in total. The van der Waals surface area contributed by atoms with Crippen molar-refractivity contribution in [3.05, 3.63) is 0 Å². The van der Waals surface area contributed by atoms with E-state index in [1.807, 2.05) is 0 Å². The van der Waals surface area contributed by atoms with Crippen LogP contribution in [-0.4, -0.2) is 36.7 Å². The smallest absolute Gasteiger partial charge is 1.00 e. The Labute approximate surface area is 94.4 Å². The summed E-state index contributed by atoms with van der Waals surface area (Å²) in [5.41, 5.74) is 4.99. The molecule has 0 bridgehead atoms. The zero-order valence-corrected chi connectivity index (χ0v) is 8.58. The van der Waals surface area contributed by atoms with Gasteiger partial charge in [-0.25, -0.2) is 4.79 Å². The summed E-state index contributed by atoms with van der Waals surface area (Å²) in [6.45, 7) is 0.970. The van der Waals surface area contributed by atoms with E-state index in [0.717, 1.165) is 6.92 Å². The van der Waals surface area contributed by atoms with Crippen LogP contribution in [0.1, 0.15) is 8.35 Å². The summed E-state index contributed by atoms with van der Waals surface area (Å²) >= 11 is 0. The first-order valence-electron chi connectivity index (χ1n) is 3.15. The van der Waals surface area contributed by atoms with Crippen LogP contribution in [0.25, 0.3) is 0 Å². The minimum atomic E-state index is -4.34. The van der Waals surface area contributed by atoms with Gasteiger partial charge >= 0.3 is 30.8 Å². The van der Waals surface area contributed by atoms with E-state index in [0.29, 0.717) is 0 Å². The van der Waals surface area contributed by atoms with Gasteiger partial charge in [0.25, 0.3) is 10.1 Å². The predicted molar refractivity (Wildman–Crippen MR) is 42.3 cm³/mol. The zero-order chi connectivity index (χ0) is 10.6. The van der Waals surface area contributed by atoms with Crippen molar-refractivity contribution < 1.29 is 47.6 Å². The van der Waals surface area contributed by atoms with Crippen LogP contribution in [0.15, 0.2) is 0 Å². The molecule has 0 aliphatic carbocycles. The van der Waals surface area contributed by atoms with E-state index < -0.39 is 33.9 Å². The minimum absolute atomic E-state index is 0. The summed E-state index contributed by atoms with van der Waals surface area (Å²) in [5, 5.41) is 0. The first-order valence-corrected chi connectivity index (χ1v) is 4.76. The number of hydrogen-bond acceptors (Lipinski definition) is 6. The summed E-state index contributed by atoms with van der Waals surface area (Å²) in [6, 6.07) is -1.56. The molecule has 7 nitrogen and oxygen atoms in total. The Morgan fingerprint density at radius 1 is 1.57 bits per heavy atom. The summed E-state index contributed by atoms with van der Waals surface area (Å²) in [5.74, 6) is -3.06. The first kappa shape index (κ1) is 16.1. The van der Waals surface area contributed by atoms with Crippen LogP contribution in [0.5, 0.6) is 0 Å². The van der Waals surface area contributed by atoms with Gasteiger partial charge in [-0.2, -0.15) is 8.42 Å². The largest absolute Gasteiger partial charge is 1.00 e. The fraction of sp³-hybridized carbons (Fsp3) is 0.600. The maximum absolute atomic E-state index is 10.7. The van der Waals surface area contributed by atoms with E-state index in [-0.39, 0.29) is 20.3 Å². The van der Waals surface area contributed by atoms with Gasteiger partial charge in [0, 0.05) is 6.92 Å². The number of nitrogens with two attached hydrogens (primary N) is 1. The Morgan fingerprint density at radius 3 is 2.29 bits per heavy atom. The Bertz CT molecular complexity index is 317. The van der Waals surface area contributed by atoms with Gasteiger partial charge in [0.05, 0.1) is 0 Å². The Kier molecular flexibility index (Phi) is 7.06. The van der Waals surface area contributed by atoms with Gasteiger partial charge in [0.2, 0.25) is 0 Å². The van der Waals surface area contributed by atoms with Gasteiger partial charge < -0.3 is 11.9 Å². The van der Waals surface area contributed by atoms with Crippen molar-refractivity contribution in [2.45, 2.75) is 13.0 Å². The van der Waals surface area contributed by atoms with Gasteiger partial charge in [0.1, 0.15) is 11.8 Å². The molecule has 9 heteroatoms. The fourth-order valence-corrected chi connectivity index (χ4v) is 1.10. The maximum Gasteiger partial charge on any atom is 1.00 e. The SMILES string of the molecule is CC(=O)OC(=O)[C@H](N)CS(=O)(=O)O.[H-].[Li+]. The van der Waals surface area contributed by atoms with E-state index in [4.69, 9.17) is 10.3 Å². The molecule has 0 unspecified atom stereocenters. The molecule has 0 aliphatic rings. The third-order valence-electron chi connectivity index (χ3n) is 0.937. The molecule has 0 amide bonds. The zero-order valence-electron chi connectivity index (χ0n) is 8.76. The molecule has 0 radical (unpaired) electrons. The molecule has 0 aromatic heterocycles. The van der Waals surface area contributed by atoms with Crippen molar-refractivity contribution in [1.29, 1.82) is 0 Å². The van der Waals surface area contributed by atoms with Crippen LogP contribution >= 0.6 is 0 Å². The van der Waals surface area contributed by atoms with Crippen LogP contribution in [-0.2, 0) is 24.4 Å². The number of rotatable bonds is 3. The minimum Gasteiger partial charge on any atom is -1.00 e. The average molecular weight is 219 g/mol. The molecule has 0 aliphatic heterocycles. The van der Waals surface area contributed by atoms with Gasteiger partial charge in [-0.05, 0) is 0 Å². The van der Waals surface area contributed by atoms with E-state index in [1.165, 1.54) is 0 Å². The Hall–Kier alpha value is -0.393. The van der Waals surface area contributed by atoms with Crippen LogP contribution in [0, 0.1) is 0 Å². The van der Waals surface area contributed by atoms with Gasteiger partial charge in [0.15, 0.2) is 0 Å². The van der Waals surface area contributed by atoms with Crippen molar-refractivity contribution in [3.8, 4) is 0 Å². The van der Waals surface area contributed by atoms with Crippen LogP contribution in [0.2, 0.25) is 0 Å². The molecule has 0 rings (SSSR count). The predicted octanol–water partition coefficient (Wildman–Crippen LogP) is -4.59. The number of carbonyl (C=O) groups is 2. The molecule has 0 aromatic rings. The molecule has 78 valence electrons. The summed E-state index contributed by atoms with van der Waals surface area (Å²) in [6.07, 6.45) is 0. The van der Waals surface area contributed by atoms with Crippen molar-refractivity contribution in [3.63, 3.8) is 0 Å². The number of hydrogen-bond donors (Lipinski definition) is 2. The van der Waals surface area contributed by atoms with Crippen LogP contribution in [0.4, 0.5) is 0 Å². The molecule has 0 saturated heterocycles. The number of esters is 2. The Morgan fingerprint density at radius 2 is 2.00 bits per heavy atom. The van der Waals surface area contributed by atoms with Crippen LogP contribution < -0.4 is 24.6 Å². The van der Waals surface area contributed by atoms with Crippen molar-refractivity contribution in [2.75, 3.05) is 5.75 Å². The van der Waals surface area contributed by atoms with E-state index in [9.17, 15) is 18.0 Å². The molecule has 0 aromatic carbocycles. The first-order chi connectivity index (χ1) is 5.72. The van der Waals surface area contributed by atoms with E-state index in [1.54, 1.807) is 0 Å². The molecule has 0 heterocycles. The monoisotopic (exact) mass is 219 g/mol. The molecular formula is C5H10LiNO6S. The molecular weight excluding hydrogens is 209 g/mol. The average Bonchev–Trinajstić information content (AvgIpc) is 1.81. The number of ether oxygens (including phenoxy) is 1. The summed E-state index contributed by atoms with van der Waals surface area (Å²) in [7, 11) is -4.34. The second-order valence-electron chi connectivity index (χ2n) is 2.27. The molecule has 1 atom stereocenters. The normalized spacial score (nSPS) is 12.5. The second-order valence-corrected chi connectivity index (χ2v) is 3.76. The fourth-order valence-electron chi connectivity index (χ4n) is 0.512. The molecule has 0 saturated carbocycles. The van der Waals surface area contributed by atoms with Crippen LogP contribution in [0.3, 0.4) is 0 Å². The quantitative estimate of drug-likeness (QED) is 0.212. The van der Waals surface area contributed by atoms with Crippen molar-refractivity contribution >= 4 is 22.1 Å². The topological polar surface area (TPSA) is 124 Å². The summed E-state index contributed by atoms with van der Waals surface area (Å²) < 4.78 is 32.7. The van der Waals surface area contributed by atoms with Crippen molar-refractivity contribution in [2.24, 2.45) is 5.73 Å².